The largest absolute Gasteiger partial charge is 0.340 e. The highest BCUT2D eigenvalue weighted by molar-refractivity contribution is 5.14. The van der Waals surface area contributed by atoms with Crippen molar-refractivity contribution < 1.29 is 17.6 Å². The fraction of sp³-hybridized carbons (Fsp3) is 0.333. The predicted octanol–water partition coefficient (Wildman–Crippen LogP) is 1.99. The summed E-state index contributed by atoms with van der Waals surface area (Å²) < 4.78 is 48.0. The summed E-state index contributed by atoms with van der Waals surface area (Å²) in [5.74, 6) is -8.41. The zero-order valence-electron chi connectivity index (χ0n) is 4.67. The van der Waals surface area contributed by atoms with Crippen molar-refractivity contribution in [1.82, 2.24) is 0 Å². The van der Waals surface area contributed by atoms with Gasteiger partial charge in [-0.15, -0.1) is 0 Å². The van der Waals surface area contributed by atoms with Gasteiger partial charge in [-0.2, -0.15) is 17.6 Å². The number of alkyl halides is 4. The van der Waals surface area contributed by atoms with Crippen LogP contribution < -0.4 is 0 Å². The number of halogens is 4. The van der Waals surface area contributed by atoms with Gasteiger partial charge in [0, 0.05) is 12.2 Å². The molecule has 0 saturated heterocycles. The van der Waals surface area contributed by atoms with Crippen molar-refractivity contribution in [2.75, 3.05) is 0 Å². The fourth-order valence-corrected chi connectivity index (χ4v) is 0.474. The maximum atomic E-state index is 12.0. The molecule has 0 saturated carbocycles. The van der Waals surface area contributed by atoms with Crippen molar-refractivity contribution >= 4 is 0 Å². The van der Waals surface area contributed by atoms with E-state index in [0.29, 0.717) is 0 Å². The molecule has 54 valence electrons. The minimum Gasteiger partial charge on any atom is -0.194 e. The quantitative estimate of drug-likeness (QED) is 0.463. The van der Waals surface area contributed by atoms with E-state index < -0.39 is 11.8 Å². The van der Waals surface area contributed by atoms with Gasteiger partial charge in [-0.3, -0.25) is 0 Å². The highest BCUT2D eigenvalue weighted by Crippen LogP contribution is 2.37. The van der Waals surface area contributed by atoms with Crippen molar-refractivity contribution in [1.29, 1.82) is 0 Å². The van der Waals surface area contributed by atoms with Crippen molar-refractivity contribution in [2.45, 2.75) is 11.8 Å². The Labute approximate surface area is 54.8 Å². The fourth-order valence-electron chi connectivity index (χ4n) is 0.474. The van der Waals surface area contributed by atoms with Gasteiger partial charge >= 0.3 is 11.8 Å². The minimum absolute atomic E-state index is 0.720. The first-order valence-corrected chi connectivity index (χ1v) is 2.42. The Hall–Kier alpha value is -0.800. The third-order valence-corrected chi connectivity index (χ3v) is 1.01. The monoisotopic (exact) mass is 150 g/mol. The second kappa shape index (κ2) is 1.84. The Kier molecular flexibility index (Phi) is 1.34. The highest BCUT2D eigenvalue weighted by Gasteiger charge is 2.54. The first kappa shape index (κ1) is 7.31. The van der Waals surface area contributed by atoms with Crippen molar-refractivity contribution in [3.63, 3.8) is 0 Å². The lowest BCUT2D eigenvalue weighted by Gasteiger charge is -2.21. The molecule has 0 atom stereocenters. The van der Waals surface area contributed by atoms with Crippen LogP contribution in [0.3, 0.4) is 0 Å². The normalized spacial score (nSPS) is 26.8. The summed E-state index contributed by atoms with van der Waals surface area (Å²) >= 11 is 0. The van der Waals surface area contributed by atoms with E-state index in [4.69, 9.17) is 0 Å². The average Bonchev–Trinajstić information content (AvgIpc) is 1.77. The molecule has 0 amide bonds. The summed E-state index contributed by atoms with van der Waals surface area (Å²) in [6, 6.07) is 0. The maximum Gasteiger partial charge on any atom is 0.340 e. The van der Waals surface area contributed by atoms with Crippen LogP contribution in [-0.4, -0.2) is 11.8 Å². The van der Waals surface area contributed by atoms with Crippen LogP contribution in [0.1, 0.15) is 0 Å². The predicted molar refractivity (Wildman–Crippen MR) is 25.5 cm³/mol. The second-order valence-electron chi connectivity index (χ2n) is 1.77. The molecule has 0 unspecified atom stereocenters. The van der Waals surface area contributed by atoms with E-state index in [9.17, 15) is 17.6 Å². The number of rotatable bonds is 0. The number of hydrogen-bond donors (Lipinski definition) is 0. The topological polar surface area (TPSA) is 0 Å². The lowest BCUT2D eigenvalue weighted by Crippen LogP contribution is -2.38. The van der Waals surface area contributed by atoms with E-state index in [1.807, 2.05) is 0 Å². The molecule has 0 N–H and O–H groups in total. The smallest absolute Gasteiger partial charge is 0.194 e. The van der Waals surface area contributed by atoms with E-state index in [1.54, 1.807) is 0 Å². The molecule has 1 rings (SSSR count). The van der Waals surface area contributed by atoms with Crippen LogP contribution in [-0.2, 0) is 0 Å². The van der Waals surface area contributed by atoms with Crippen LogP contribution >= 0.6 is 0 Å². The molecule has 10 heavy (non-hydrogen) atoms. The second-order valence-corrected chi connectivity index (χ2v) is 1.77. The van der Waals surface area contributed by atoms with Gasteiger partial charge < -0.3 is 0 Å². The molecular weight excluding hydrogens is 148 g/mol. The van der Waals surface area contributed by atoms with Crippen LogP contribution in [0.15, 0.2) is 12.2 Å². The Bertz CT molecular complexity index is 168. The summed E-state index contributed by atoms with van der Waals surface area (Å²) in [5, 5.41) is 0. The molecule has 0 aromatic carbocycles. The molecule has 2 radical (unpaired) electrons. The molecule has 0 aromatic heterocycles. The van der Waals surface area contributed by atoms with E-state index in [-0.39, 0.29) is 0 Å². The molecule has 0 bridgehead atoms. The number of hydrogen-bond acceptors (Lipinski definition) is 0. The Morgan fingerprint density at radius 2 is 1.10 bits per heavy atom. The molecule has 0 aliphatic heterocycles. The zero-order valence-corrected chi connectivity index (χ0v) is 4.67. The van der Waals surface area contributed by atoms with Crippen LogP contribution in [0.2, 0.25) is 0 Å². The van der Waals surface area contributed by atoms with E-state index >= 15 is 0 Å². The molecule has 0 nitrogen and oxygen atoms in total. The third-order valence-electron chi connectivity index (χ3n) is 1.01. The standard InChI is InChI=1S/C6H2F4/c7-5(8)3-1-2-4-6(5,9)10/h1-2H. The van der Waals surface area contributed by atoms with Crippen LogP contribution in [0, 0.1) is 12.2 Å². The van der Waals surface area contributed by atoms with Gasteiger partial charge in [0.25, 0.3) is 0 Å². The summed E-state index contributed by atoms with van der Waals surface area (Å²) in [4.78, 5) is 0. The Balaban J connectivity index is 2.96. The summed E-state index contributed by atoms with van der Waals surface area (Å²) in [6.07, 6.45) is 3.88. The van der Waals surface area contributed by atoms with Gasteiger partial charge in [-0.1, -0.05) is 12.2 Å². The molecule has 0 aromatic rings. The van der Waals surface area contributed by atoms with Gasteiger partial charge in [-0.25, -0.2) is 0 Å². The minimum atomic E-state index is -4.21. The molecule has 0 spiro atoms. The average molecular weight is 150 g/mol. The van der Waals surface area contributed by atoms with Crippen molar-refractivity contribution in [2.24, 2.45) is 0 Å². The van der Waals surface area contributed by atoms with E-state index in [2.05, 4.69) is 0 Å². The highest BCUT2D eigenvalue weighted by atomic mass is 19.3. The molecule has 4 heteroatoms. The summed E-state index contributed by atoms with van der Waals surface area (Å²) in [6.45, 7) is 0. The molecular formula is C6H2F4. The van der Waals surface area contributed by atoms with Gasteiger partial charge in [0.05, 0.1) is 0 Å². The first-order valence-electron chi connectivity index (χ1n) is 2.42. The SMILES string of the molecule is FC1(F)[C]=CC=[C]C1(F)F. The summed E-state index contributed by atoms with van der Waals surface area (Å²) in [7, 11) is 0. The van der Waals surface area contributed by atoms with Crippen molar-refractivity contribution in [3.8, 4) is 0 Å². The third kappa shape index (κ3) is 0.936. The van der Waals surface area contributed by atoms with Crippen LogP contribution in [0.4, 0.5) is 17.6 Å². The van der Waals surface area contributed by atoms with Gasteiger partial charge in [-0.05, 0) is 0 Å². The van der Waals surface area contributed by atoms with Crippen molar-refractivity contribution in [3.05, 3.63) is 24.3 Å². The molecule has 1 aliphatic carbocycles. The zero-order chi connectivity index (χ0) is 7.83. The summed E-state index contributed by atoms with van der Waals surface area (Å²) in [5.41, 5.74) is 0. The molecule has 1 aliphatic rings. The number of allylic oxidation sites excluding steroid dienone is 4. The lowest BCUT2D eigenvalue weighted by molar-refractivity contribution is -0.158. The Morgan fingerprint density at radius 3 is 1.30 bits per heavy atom. The van der Waals surface area contributed by atoms with E-state index in [1.165, 1.54) is 12.2 Å². The maximum absolute atomic E-state index is 12.0. The van der Waals surface area contributed by atoms with Crippen LogP contribution in [0.5, 0.6) is 0 Å². The van der Waals surface area contributed by atoms with Gasteiger partial charge in [0.1, 0.15) is 0 Å². The van der Waals surface area contributed by atoms with Crippen LogP contribution in [0.25, 0.3) is 0 Å². The van der Waals surface area contributed by atoms with Gasteiger partial charge in [0.2, 0.25) is 0 Å². The first-order chi connectivity index (χ1) is 4.46. The van der Waals surface area contributed by atoms with Gasteiger partial charge in [0.15, 0.2) is 0 Å². The Morgan fingerprint density at radius 1 is 0.800 bits per heavy atom. The van der Waals surface area contributed by atoms with E-state index in [0.717, 1.165) is 12.2 Å². The molecule has 0 fully saturated rings. The molecule has 0 heterocycles. The lowest BCUT2D eigenvalue weighted by atomic mass is 10.1.